The lowest BCUT2D eigenvalue weighted by atomic mass is 10.2. The Morgan fingerprint density at radius 3 is 2.57 bits per heavy atom. The second-order valence-electron chi connectivity index (χ2n) is 4.48. The summed E-state index contributed by atoms with van der Waals surface area (Å²) >= 11 is 1.59. The van der Waals surface area contributed by atoms with Gasteiger partial charge in [-0.15, -0.1) is 11.3 Å². The van der Waals surface area contributed by atoms with Crippen LogP contribution in [0.25, 0.3) is 0 Å². The normalized spacial score (nSPS) is 11.7. The lowest BCUT2D eigenvalue weighted by Crippen LogP contribution is -2.30. The molecule has 0 bridgehead atoms. The number of thiophene rings is 1. The molecular formula is C15H16N2O3S. The fourth-order valence-corrected chi connectivity index (χ4v) is 2.49. The first-order valence-corrected chi connectivity index (χ1v) is 7.29. The van der Waals surface area contributed by atoms with Crippen LogP contribution in [0.2, 0.25) is 0 Å². The van der Waals surface area contributed by atoms with Gasteiger partial charge in [0, 0.05) is 10.4 Å². The van der Waals surface area contributed by atoms with Crippen LogP contribution in [0.1, 0.15) is 28.2 Å². The average molecular weight is 304 g/mol. The third-order valence-electron chi connectivity index (χ3n) is 2.86. The van der Waals surface area contributed by atoms with Gasteiger partial charge in [0.25, 0.3) is 5.91 Å². The van der Waals surface area contributed by atoms with E-state index >= 15 is 0 Å². The first-order valence-electron chi connectivity index (χ1n) is 6.41. The molecule has 21 heavy (non-hydrogen) atoms. The first-order chi connectivity index (χ1) is 10.1. The fraction of sp³-hybridized carbons (Fsp3) is 0.200. The van der Waals surface area contributed by atoms with E-state index in [1.165, 1.54) is 0 Å². The van der Waals surface area contributed by atoms with Crippen LogP contribution < -0.4 is 15.8 Å². The van der Waals surface area contributed by atoms with Crippen LogP contribution in [-0.4, -0.2) is 18.4 Å². The van der Waals surface area contributed by atoms with Gasteiger partial charge in [-0.1, -0.05) is 6.07 Å². The minimum absolute atomic E-state index is 0.0432. The molecule has 1 heterocycles. The molecule has 0 aliphatic heterocycles. The standard InChI is InChI=1S/C15H16N2O3S/c1-10(13-3-2-8-21-13)17-14(18)9-20-12-6-4-11(5-7-12)15(16)19/h2-8,10H,9H2,1H3,(H2,16,19)(H,17,18)/t10-/m1/s1. The quantitative estimate of drug-likeness (QED) is 0.857. The SMILES string of the molecule is C[C@@H](NC(=O)COc1ccc(C(N)=O)cc1)c1cccs1. The Morgan fingerprint density at radius 1 is 1.29 bits per heavy atom. The molecule has 1 atom stereocenters. The van der Waals surface area contributed by atoms with Gasteiger partial charge in [0.05, 0.1) is 6.04 Å². The molecule has 0 radical (unpaired) electrons. The van der Waals surface area contributed by atoms with E-state index in [-0.39, 0.29) is 18.6 Å². The van der Waals surface area contributed by atoms with E-state index in [9.17, 15) is 9.59 Å². The molecule has 0 fully saturated rings. The highest BCUT2D eigenvalue weighted by atomic mass is 32.1. The zero-order valence-corrected chi connectivity index (χ0v) is 12.4. The van der Waals surface area contributed by atoms with E-state index in [0.29, 0.717) is 11.3 Å². The topological polar surface area (TPSA) is 81.4 Å². The van der Waals surface area contributed by atoms with Crippen molar-refractivity contribution in [2.24, 2.45) is 5.73 Å². The van der Waals surface area contributed by atoms with Crippen molar-refractivity contribution < 1.29 is 14.3 Å². The van der Waals surface area contributed by atoms with E-state index in [4.69, 9.17) is 10.5 Å². The van der Waals surface area contributed by atoms with Gasteiger partial charge >= 0.3 is 0 Å². The van der Waals surface area contributed by atoms with E-state index in [2.05, 4.69) is 5.32 Å². The van der Waals surface area contributed by atoms with Crippen molar-refractivity contribution in [2.75, 3.05) is 6.61 Å². The molecule has 0 saturated heterocycles. The third-order valence-corrected chi connectivity index (χ3v) is 3.91. The lowest BCUT2D eigenvalue weighted by Gasteiger charge is -2.12. The van der Waals surface area contributed by atoms with E-state index in [1.807, 2.05) is 24.4 Å². The summed E-state index contributed by atoms with van der Waals surface area (Å²) in [6, 6.07) is 10.2. The molecule has 0 saturated carbocycles. The molecule has 0 aliphatic carbocycles. The molecular weight excluding hydrogens is 288 g/mol. The lowest BCUT2D eigenvalue weighted by molar-refractivity contribution is -0.123. The molecule has 110 valence electrons. The van der Waals surface area contributed by atoms with E-state index in [0.717, 1.165) is 4.88 Å². The smallest absolute Gasteiger partial charge is 0.258 e. The van der Waals surface area contributed by atoms with Crippen LogP contribution in [-0.2, 0) is 4.79 Å². The van der Waals surface area contributed by atoms with Crippen LogP contribution in [0, 0.1) is 0 Å². The van der Waals surface area contributed by atoms with E-state index in [1.54, 1.807) is 35.6 Å². The number of amides is 2. The van der Waals surface area contributed by atoms with Crippen molar-refractivity contribution in [1.29, 1.82) is 0 Å². The summed E-state index contributed by atoms with van der Waals surface area (Å²) in [5, 5.41) is 4.82. The maximum atomic E-state index is 11.8. The van der Waals surface area contributed by atoms with Crippen molar-refractivity contribution in [2.45, 2.75) is 13.0 Å². The van der Waals surface area contributed by atoms with Gasteiger partial charge < -0.3 is 15.8 Å². The largest absolute Gasteiger partial charge is 0.484 e. The molecule has 0 aliphatic rings. The van der Waals surface area contributed by atoms with Gasteiger partial charge in [0.1, 0.15) is 5.75 Å². The summed E-state index contributed by atoms with van der Waals surface area (Å²) in [5.41, 5.74) is 5.55. The van der Waals surface area contributed by atoms with Crippen LogP contribution in [0.3, 0.4) is 0 Å². The van der Waals surface area contributed by atoms with Crippen molar-refractivity contribution in [3.05, 3.63) is 52.2 Å². The molecule has 0 spiro atoms. The summed E-state index contributed by atoms with van der Waals surface area (Å²) < 4.78 is 5.36. The number of carbonyl (C=O) groups is 2. The van der Waals surface area contributed by atoms with Gasteiger partial charge in [-0.25, -0.2) is 0 Å². The second-order valence-corrected chi connectivity index (χ2v) is 5.46. The van der Waals surface area contributed by atoms with Crippen molar-refractivity contribution in [1.82, 2.24) is 5.32 Å². The summed E-state index contributed by atoms with van der Waals surface area (Å²) in [4.78, 5) is 23.8. The molecule has 5 nitrogen and oxygen atoms in total. The Labute approximate surface area is 126 Å². The van der Waals surface area contributed by atoms with Crippen molar-refractivity contribution in [3.63, 3.8) is 0 Å². The number of nitrogens with two attached hydrogens (primary N) is 1. The number of hydrogen-bond donors (Lipinski definition) is 2. The third kappa shape index (κ3) is 4.32. The Hall–Kier alpha value is -2.34. The fourth-order valence-electron chi connectivity index (χ4n) is 1.76. The molecule has 3 N–H and O–H groups in total. The molecule has 2 aromatic rings. The number of primary amides is 1. The Balaban J connectivity index is 1.82. The summed E-state index contributed by atoms with van der Waals surface area (Å²) in [5.74, 6) is -0.183. The van der Waals surface area contributed by atoms with Crippen molar-refractivity contribution >= 4 is 23.2 Å². The van der Waals surface area contributed by atoms with Gasteiger partial charge in [-0.3, -0.25) is 9.59 Å². The highest BCUT2D eigenvalue weighted by Crippen LogP contribution is 2.18. The van der Waals surface area contributed by atoms with E-state index < -0.39 is 5.91 Å². The molecule has 0 unspecified atom stereocenters. The van der Waals surface area contributed by atoms with Gasteiger partial charge in [-0.05, 0) is 42.6 Å². The average Bonchev–Trinajstić information content (AvgIpc) is 3.00. The zero-order chi connectivity index (χ0) is 15.2. The van der Waals surface area contributed by atoms with Crippen molar-refractivity contribution in [3.8, 4) is 5.75 Å². The molecule has 1 aromatic carbocycles. The molecule has 1 aromatic heterocycles. The second kappa shape index (κ2) is 6.90. The summed E-state index contributed by atoms with van der Waals surface area (Å²) in [6.45, 7) is 1.84. The number of rotatable bonds is 6. The summed E-state index contributed by atoms with van der Waals surface area (Å²) in [6.07, 6.45) is 0. The number of nitrogens with one attached hydrogen (secondary N) is 1. The number of benzene rings is 1. The van der Waals surface area contributed by atoms with Crippen LogP contribution in [0.4, 0.5) is 0 Å². The molecule has 6 heteroatoms. The molecule has 2 rings (SSSR count). The van der Waals surface area contributed by atoms with Gasteiger partial charge in [-0.2, -0.15) is 0 Å². The number of ether oxygens (including phenoxy) is 1. The molecule has 2 amide bonds. The zero-order valence-electron chi connectivity index (χ0n) is 11.5. The van der Waals surface area contributed by atoms with Crippen LogP contribution in [0.5, 0.6) is 5.75 Å². The number of carbonyl (C=O) groups excluding carboxylic acids is 2. The predicted molar refractivity (Wildman–Crippen MR) is 81.3 cm³/mol. The summed E-state index contributed by atoms with van der Waals surface area (Å²) in [7, 11) is 0. The monoisotopic (exact) mass is 304 g/mol. The number of hydrogen-bond acceptors (Lipinski definition) is 4. The minimum atomic E-state index is -0.496. The highest BCUT2D eigenvalue weighted by molar-refractivity contribution is 7.10. The Bertz CT molecular complexity index is 608. The van der Waals surface area contributed by atoms with Gasteiger partial charge in [0.2, 0.25) is 5.91 Å². The highest BCUT2D eigenvalue weighted by Gasteiger charge is 2.10. The Kier molecular flexibility index (Phi) is 4.94. The van der Waals surface area contributed by atoms with Gasteiger partial charge in [0.15, 0.2) is 6.61 Å². The van der Waals surface area contributed by atoms with Crippen LogP contribution in [0.15, 0.2) is 41.8 Å². The van der Waals surface area contributed by atoms with Crippen LogP contribution >= 0.6 is 11.3 Å². The predicted octanol–water partition coefficient (Wildman–Crippen LogP) is 2.10. The Morgan fingerprint density at radius 2 is 2.00 bits per heavy atom. The maximum Gasteiger partial charge on any atom is 0.258 e. The minimum Gasteiger partial charge on any atom is -0.484 e. The maximum absolute atomic E-state index is 11.8. The first kappa shape index (κ1) is 15.1.